The monoisotopic (exact) mass is 277 g/mol. The van der Waals surface area contributed by atoms with Gasteiger partial charge < -0.3 is 4.90 Å². The number of Topliss-reactive ketones (excluding diaryl/α,β-unsaturated/α-hetero) is 1. The lowest BCUT2D eigenvalue weighted by atomic mass is 10.1. The maximum absolute atomic E-state index is 11.3. The summed E-state index contributed by atoms with van der Waals surface area (Å²) in [5.74, 6) is 0.216. The molecule has 0 atom stereocenters. The number of hydrogen-bond donors (Lipinski definition) is 0. The van der Waals surface area contributed by atoms with Crippen LogP contribution in [0, 0.1) is 10.1 Å². The number of anilines is 1. The molecule has 0 spiro atoms. The molecule has 2 aromatic rings. The van der Waals surface area contributed by atoms with Gasteiger partial charge in [-0.15, -0.1) is 11.3 Å². The van der Waals surface area contributed by atoms with Crippen molar-refractivity contribution >= 4 is 38.7 Å². The third kappa shape index (κ3) is 2.06. The number of fused-ring (bicyclic) bond motifs is 1. The molecule has 6 nitrogen and oxygen atoms in total. The van der Waals surface area contributed by atoms with Gasteiger partial charge in [-0.25, -0.2) is 4.98 Å². The zero-order valence-electron chi connectivity index (χ0n) is 10.0. The highest BCUT2D eigenvalue weighted by Gasteiger charge is 2.26. The Morgan fingerprint density at radius 3 is 2.74 bits per heavy atom. The normalized spacial score (nSPS) is 16.0. The first kappa shape index (κ1) is 12.0. The van der Waals surface area contributed by atoms with E-state index in [1.807, 2.05) is 11.0 Å². The molecule has 1 aliphatic rings. The van der Waals surface area contributed by atoms with Crippen LogP contribution in [0.25, 0.3) is 10.2 Å². The molecule has 0 saturated carbocycles. The summed E-state index contributed by atoms with van der Waals surface area (Å²) in [6.45, 7) is 1.07. The predicted octanol–water partition coefficient (Wildman–Crippen LogP) is 2.37. The molecule has 0 N–H and O–H groups in total. The zero-order chi connectivity index (χ0) is 13.4. The molecule has 1 saturated heterocycles. The first-order valence-electron chi connectivity index (χ1n) is 5.94. The maximum Gasteiger partial charge on any atom is 0.319 e. The second kappa shape index (κ2) is 4.58. The quantitative estimate of drug-likeness (QED) is 0.622. The van der Waals surface area contributed by atoms with Gasteiger partial charge in [0.05, 0.1) is 15.1 Å². The van der Waals surface area contributed by atoms with E-state index in [-0.39, 0.29) is 16.4 Å². The first-order chi connectivity index (χ1) is 9.16. The molecule has 0 amide bonds. The molecule has 1 fully saturated rings. The van der Waals surface area contributed by atoms with Gasteiger partial charge in [0.2, 0.25) is 0 Å². The van der Waals surface area contributed by atoms with Crippen LogP contribution in [0.15, 0.2) is 17.6 Å². The van der Waals surface area contributed by atoms with Crippen molar-refractivity contribution in [2.24, 2.45) is 0 Å². The Hall–Kier alpha value is -2.02. The molecule has 7 heteroatoms. The summed E-state index contributed by atoms with van der Waals surface area (Å²) in [6, 6.07) is 3.61. The van der Waals surface area contributed by atoms with Gasteiger partial charge >= 0.3 is 5.69 Å². The number of carbonyl (C=O) groups is 1. The number of nitro benzene ring substituents is 1. The molecule has 1 aliphatic heterocycles. The number of rotatable bonds is 2. The molecule has 0 unspecified atom stereocenters. The summed E-state index contributed by atoms with van der Waals surface area (Å²) in [6.07, 6.45) is 0.901. The van der Waals surface area contributed by atoms with Crippen LogP contribution < -0.4 is 4.90 Å². The minimum Gasteiger partial charge on any atom is -0.365 e. The number of thiazole rings is 1. The Labute approximate surface area is 112 Å². The number of piperidine rings is 1. The SMILES string of the molecule is O=C1CCN(c2ccc3scnc3c2[N+](=O)[O-])CC1. The van der Waals surface area contributed by atoms with Crippen molar-refractivity contribution in [2.45, 2.75) is 12.8 Å². The molecule has 19 heavy (non-hydrogen) atoms. The second-order valence-electron chi connectivity index (χ2n) is 4.42. The average Bonchev–Trinajstić information content (AvgIpc) is 2.86. The number of aromatic nitrogens is 1. The summed E-state index contributed by atoms with van der Waals surface area (Å²) in [4.78, 5) is 28.2. The summed E-state index contributed by atoms with van der Waals surface area (Å²) in [5.41, 5.74) is 2.66. The fraction of sp³-hybridized carbons (Fsp3) is 0.333. The predicted molar refractivity (Wildman–Crippen MR) is 72.7 cm³/mol. The van der Waals surface area contributed by atoms with E-state index in [2.05, 4.69) is 4.98 Å². The molecule has 3 rings (SSSR count). The topological polar surface area (TPSA) is 76.3 Å². The Balaban J connectivity index is 2.09. The van der Waals surface area contributed by atoms with Gasteiger partial charge in [-0.05, 0) is 12.1 Å². The third-order valence-corrected chi connectivity index (χ3v) is 4.09. The summed E-state index contributed by atoms with van der Waals surface area (Å²) in [7, 11) is 0. The minimum absolute atomic E-state index is 0.0492. The van der Waals surface area contributed by atoms with Crippen LogP contribution in [-0.4, -0.2) is 28.8 Å². The molecule has 0 aliphatic carbocycles. The second-order valence-corrected chi connectivity index (χ2v) is 5.30. The van der Waals surface area contributed by atoms with Crippen molar-refractivity contribution in [2.75, 3.05) is 18.0 Å². The Bertz CT molecular complexity index is 657. The molecule has 0 bridgehead atoms. The molecular formula is C12H11N3O3S. The largest absolute Gasteiger partial charge is 0.365 e. The number of ketones is 1. The van der Waals surface area contributed by atoms with Crippen molar-refractivity contribution < 1.29 is 9.72 Å². The van der Waals surface area contributed by atoms with Crippen LogP contribution in [0.1, 0.15) is 12.8 Å². The van der Waals surface area contributed by atoms with Gasteiger partial charge in [0.15, 0.2) is 5.52 Å². The van der Waals surface area contributed by atoms with Crippen molar-refractivity contribution in [3.05, 3.63) is 27.8 Å². The Kier molecular flexibility index (Phi) is 2.90. The van der Waals surface area contributed by atoms with Crippen LogP contribution in [-0.2, 0) is 4.79 Å². The first-order valence-corrected chi connectivity index (χ1v) is 6.82. The van der Waals surface area contributed by atoms with Crippen molar-refractivity contribution in [1.29, 1.82) is 0 Å². The molecule has 1 aromatic carbocycles. The Morgan fingerprint density at radius 2 is 2.05 bits per heavy atom. The molecular weight excluding hydrogens is 266 g/mol. The number of carbonyl (C=O) groups excluding carboxylic acids is 1. The van der Waals surface area contributed by atoms with Gasteiger partial charge in [-0.1, -0.05) is 0 Å². The van der Waals surface area contributed by atoms with Gasteiger partial charge in [-0.2, -0.15) is 0 Å². The smallest absolute Gasteiger partial charge is 0.319 e. The van der Waals surface area contributed by atoms with Crippen LogP contribution in [0.4, 0.5) is 11.4 Å². The van der Waals surface area contributed by atoms with E-state index in [0.29, 0.717) is 37.1 Å². The lowest BCUT2D eigenvalue weighted by Gasteiger charge is -2.27. The van der Waals surface area contributed by atoms with Crippen molar-refractivity contribution in [3.8, 4) is 0 Å². The minimum atomic E-state index is -0.381. The van der Waals surface area contributed by atoms with E-state index in [9.17, 15) is 14.9 Å². The highest BCUT2D eigenvalue weighted by Crippen LogP contribution is 2.37. The van der Waals surface area contributed by atoms with Gasteiger partial charge in [0.25, 0.3) is 0 Å². The van der Waals surface area contributed by atoms with Crippen LogP contribution in [0.3, 0.4) is 0 Å². The highest BCUT2D eigenvalue weighted by molar-refractivity contribution is 7.16. The molecule has 0 radical (unpaired) electrons. The van der Waals surface area contributed by atoms with E-state index >= 15 is 0 Å². The van der Waals surface area contributed by atoms with Crippen molar-refractivity contribution in [1.82, 2.24) is 4.98 Å². The van der Waals surface area contributed by atoms with Crippen molar-refractivity contribution in [3.63, 3.8) is 0 Å². The lowest BCUT2D eigenvalue weighted by Crippen LogP contribution is -2.34. The number of nitro groups is 1. The van der Waals surface area contributed by atoms with E-state index in [0.717, 1.165) is 4.70 Å². The zero-order valence-corrected chi connectivity index (χ0v) is 10.9. The standard InChI is InChI=1S/C12H11N3O3S/c16-8-3-5-14(6-4-8)9-1-2-10-11(13-7-19-10)12(9)15(17)18/h1-2,7H,3-6H2. The van der Waals surface area contributed by atoms with E-state index in [1.54, 1.807) is 11.6 Å². The maximum atomic E-state index is 11.3. The fourth-order valence-electron chi connectivity index (χ4n) is 2.34. The van der Waals surface area contributed by atoms with Crippen LogP contribution in [0.5, 0.6) is 0 Å². The van der Waals surface area contributed by atoms with E-state index in [1.165, 1.54) is 11.3 Å². The number of hydrogen-bond acceptors (Lipinski definition) is 6. The lowest BCUT2D eigenvalue weighted by molar-refractivity contribution is -0.382. The summed E-state index contributed by atoms with van der Waals surface area (Å²) >= 11 is 1.39. The summed E-state index contributed by atoms with van der Waals surface area (Å²) in [5, 5.41) is 11.3. The van der Waals surface area contributed by atoms with Gasteiger partial charge in [0.1, 0.15) is 11.5 Å². The van der Waals surface area contributed by atoms with Crippen LogP contribution in [0.2, 0.25) is 0 Å². The van der Waals surface area contributed by atoms with Gasteiger partial charge in [-0.3, -0.25) is 14.9 Å². The average molecular weight is 277 g/mol. The van der Waals surface area contributed by atoms with E-state index in [4.69, 9.17) is 0 Å². The van der Waals surface area contributed by atoms with E-state index < -0.39 is 0 Å². The number of benzene rings is 1. The molecule has 2 heterocycles. The third-order valence-electron chi connectivity index (χ3n) is 3.30. The Morgan fingerprint density at radius 1 is 1.32 bits per heavy atom. The molecule has 98 valence electrons. The van der Waals surface area contributed by atoms with Gasteiger partial charge in [0, 0.05) is 25.9 Å². The molecule has 1 aromatic heterocycles. The highest BCUT2D eigenvalue weighted by atomic mass is 32.1. The van der Waals surface area contributed by atoms with Crippen LogP contribution >= 0.6 is 11.3 Å². The fourth-order valence-corrected chi connectivity index (χ4v) is 3.02. The summed E-state index contributed by atoms with van der Waals surface area (Å²) < 4.78 is 0.809. The number of nitrogens with zero attached hydrogens (tertiary/aromatic N) is 3.